The van der Waals surface area contributed by atoms with Crippen LogP contribution in [0.5, 0.6) is 0 Å². The van der Waals surface area contributed by atoms with Gasteiger partial charge in [-0.15, -0.1) is 0 Å². The maximum Gasteiger partial charge on any atom is 0.403 e. The van der Waals surface area contributed by atoms with Gasteiger partial charge in [-0.05, 0) is 38.0 Å². The molecule has 22 heavy (non-hydrogen) atoms. The van der Waals surface area contributed by atoms with Crippen LogP contribution in [0.1, 0.15) is 26.2 Å². The van der Waals surface area contributed by atoms with Crippen LogP contribution in [0.15, 0.2) is 0 Å². The SMILES string of the molecule is CC(N1CCN(C(=O)C2C3CCC(C3)C2N)CC1)C(F)(F)F. The number of hydrogen-bond acceptors (Lipinski definition) is 3. The number of rotatable bonds is 2. The third-order valence-corrected chi connectivity index (χ3v) is 5.91. The fourth-order valence-corrected chi connectivity index (χ4v) is 4.45. The van der Waals surface area contributed by atoms with Gasteiger partial charge in [0.1, 0.15) is 6.04 Å². The summed E-state index contributed by atoms with van der Waals surface area (Å²) in [4.78, 5) is 15.8. The molecule has 4 nitrogen and oxygen atoms in total. The fraction of sp³-hybridized carbons (Fsp3) is 0.933. The largest absolute Gasteiger partial charge is 0.403 e. The van der Waals surface area contributed by atoms with Crippen LogP contribution in [0.25, 0.3) is 0 Å². The molecule has 5 atom stereocenters. The fourth-order valence-electron chi connectivity index (χ4n) is 4.45. The predicted molar refractivity (Wildman–Crippen MR) is 76.0 cm³/mol. The minimum atomic E-state index is -4.21. The molecule has 0 aromatic carbocycles. The van der Waals surface area contributed by atoms with E-state index in [1.165, 1.54) is 11.8 Å². The quantitative estimate of drug-likeness (QED) is 0.838. The topological polar surface area (TPSA) is 49.6 Å². The molecule has 126 valence electrons. The molecule has 2 N–H and O–H groups in total. The zero-order chi connectivity index (χ0) is 16.1. The number of nitrogens with zero attached hydrogens (tertiary/aromatic N) is 2. The highest BCUT2D eigenvalue weighted by Crippen LogP contribution is 2.48. The van der Waals surface area contributed by atoms with Crippen LogP contribution >= 0.6 is 0 Å². The number of hydrogen-bond donors (Lipinski definition) is 1. The van der Waals surface area contributed by atoms with Crippen molar-refractivity contribution in [2.75, 3.05) is 26.2 Å². The molecule has 0 aromatic rings. The van der Waals surface area contributed by atoms with Crippen LogP contribution in [-0.4, -0.2) is 60.1 Å². The van der Waals surface area contributed by atoms with Crippen molar-refractivity contribution in [2.24, 2.45) is 23.5 Å². The monoisotopic (exact) mass is 319 g/mol. The lowest BCUT2D eigenvalue weighted by molar-refractivity contribution is -0.183. The van der Waals surface area contributed by atoms with E-state index in [-0.39, 0.29) is 31.0 Å². The standard InChI is InChI=1S/C15H24F3N3O/c1-9(15(16,17)18)20-4-6-21(7-5-20)14(22)12-10-2-3-11(8-10)13(12)19/h9-13H,2-8,19H2,1H3. The van der Waals surface area contributed by atoms with E-state index in [0.29, 0.717) is 24.9 Å². The molecular weight excluding hydrogens is 295 g/mol. The van der Waals surface area contributed by atoms with E-state index in [0.717, 1.165) is 19.3 Å². The molecule has 3 aliphatic rings. The molecule has 5 unspecified atom stereocenters. The highest BCUT2D eigenvalue weighted by molar-refractivity contribution is 5.80. The Labute approximate surface area is 128 Å². The van der Waals surface area contributed by atoms with Crippen LogP contribution in [0.3, 0.4) is 0 Å². The predicted octanol–water partition coefficient (Wildman–Crippen LogP) is 1.45. The molecule has 1 saturated heterocycles. The third kappa shape index (κ3) is 2.73. The normalized spacial score (nSPS) is 37.6. The van der Waals surface area contributed by atoms with Gasteiger partial charge in [-0.25, -0.2) is 0 Å². The summed E-state index contributed by atoms with van der Waals surface area (Å²) >= 11 is 0. The number of fused-ring (bicyclic) bond motifs is 2. The summed E-state index contributed by atoms with van der Waals surface area (Å²) in [7, 11) is 0. The van der Waals surface area contributed by atoms with Gasteiger partial charge in [-0.3, -0.25) is 9.69 Å². The summed E-state index contributed by atoms with van der Waals surface area (Å²) in [6.07, 6.45) is -0.978. The lowest BCUT2D eigenvalue weighted by Gasteiger charge is -2.40. The first-order chi connectivity index (χ1) is 10.3. The molecular formula is C15H24F3N3O. The van der Waals surface area contributed by atoms with E-state index in [1.54, 1.807) is 4.90 Å². The first-order valence-electron chi connectivity index (χ1n) is 8.14. The van der Waals surface area contributed by atoms with Gasteiger partial charge in [0.15, 0.2) is 0 Å². The smallest absolute Gasteiger partial charge is 0.340 e. The number of halogens is 3. The Morgan fingerprint density at radius 1 is 1.14 bits per heavy atom. The lowest BCUT2D eigenvalue weighted by Crippen LogP contribution is -2.57. The first-order valence-corrected chi connectivity index (χ1v) is 8.14. The molecule has 2 saturated carbocycles. The third-order valence-electron chi connectivity index (χ3n) is 5.91. The van der Waals surface area contributed by atoms with Crippen LogP contribution in [0, 0.1) is 17.8 Å². The van der Waals surface area contributed by atoms with Gasteiger partial charge >= 0.3 is 6.18 Å². The Hall–Kier alpha value is -0.820. The zero-order valence-electron chi connectivity index (χ0n) is 12.9. The zero-order valence-corrected chi connectivity index (χ0v) is 12.9. The van der Waals surface area contributed by atoms with Gasteiger partial charge in [0.25, 0.3) is 0 Å². The highest BCUT2D eigenvalue weighted by atomic mass is 19.4. The van der Waals surface area contributed by atoms with Crippen molar-refractivity contribution in [3.63, 3.8) is 0 Å². The van der Waals surface area contributed by atoms with Gasteiger partial charge in [0.05, 0.1) is 5.92 Å². The first kappa shape index (κ1) is 16.1. The van der Waals surface area contributed by atoms with Crippen LogP contribution < -0.4 is 5.73 Å². The molecule has 1 amide bonds. The average Bonchev–Trinajstić information content (AvgIpc) is 3.06. The van der Waals surface area contributed by atoms with E-state index in [4.69, 9.17) is 5.73 Å². The molecule has 3 fully saturated rings. The van der Waals surface area contributed by atoms with E-state index in [2.05, 4.69) is 0 Å². The van der Waals surface area contributed by atoms with Gasteiger partial charge in [0, 0.05) is 32.2 Å². The number of amides is 1. The second-order valence-electron chi connectivity index (χ2n) is 7.02. The van der Waals surface area contributed by atoms with Crippen molar-refractivity contribution in [3.8, 4) is 0 Å². The minimum absolute atomic E-state index is 0.0571. The molecule has 0 spiro atoms. The number of piperazine rings is 1. The Morgan fingerprint density at radius 2 is 1.73 bits per heavy atom. The number of carbonyl (C=O) groups excluding carboxylic acids is 1. The summed E-state index contributed by atoms with van der Waals surface area (Å²) < 4.78 is 38.2. The summed E-state index contributed by atoms with van der Waals surface area (Å²) in [6.45, 7) is 2.49. The molecule has 7 heteroatoms. The summed E-state index contributed by atoms with van der Waals surface area (Å²) in [5, 5.41) is 0. The van der Waals surface area contributed by atoms with Crippen molar-refractivity contribution in [1.29, 1.82) is 0 Å². The summed E-state index contributed by atoms with van der Waals surface area (Å²) in [5.74, 6) is 0.814. The highest BCUT2D eigenvalue weighted by Gasteiger charge is 2.50. The van der Waals surface area contributed by atoms with Crippen molar-refractivity contribution >= 4 is 5.91 Å². The van der Waals surface area contributed by atoms with Crippen molar-refractivity contribution in [1.82, 2.24) is 9.80 Å². The van der Waals surface area contributed by atoms with E-state index < -0.39 is 12.2 Å². The molecule has 1 aliphatic heterocycles. The van der Waals surface area contributed by atoms with Gasteiger partial charge in [-0.1, -0.05) is 0 Å². The Kier molecular flexibility index (Phi) is 4.14. The number of nitrogens with two attached hydrogens (primary N) is 1. The Morgan fingerprint density at radius 3 is 2.23 bits per heavy atom. The second-order valence-corrected chi connectivity index (χ2v) is 7.02. The van der Waals surface area contributed by atoms with Gasteiger partial charge in [-0.2, -0.15) is 13.2 Å². The van der Waals surface area contributed by atoms with Gasteiger partial charge in [0.2, 0.25) is 5.91 Å². The Bertz CT molecular complexity index is 432. The maximum atomic E-state index is 12.7. The minimum Gasteiger partial charge on any atom is -0.340 e. The van der Waals surface area contributed by atoms with Crippen LogP contribution in [0.4, 0.5) is 13.2 Å². The second kappa shape index (κ2) is 5.67. The average molecular weight is 319 g/mol. The molecule has 0 radical (unpaired) electrons. The van der Waals surface area contributed by atoms with E-state index in [1.807, 2.05) is 0 Å². The molecule has 0 aromatic heterocycles. The number of carbonyl (C=O) groups is 1. The van der Waals surface area contributed by atoms with Crippen molar-refractivity contribution < 1.29 is 18.0 Å². The van der Waals surface area contributed by atoms with Crippen molar-refractivity contribution in [3.05, 3.63) is 0 Å². The molecule has 1 heterocycles. The van der Waals surface area contributed by atoms with Crippen molar-refractivity contribution in [2.45, 2.75) is 44.4 Å². The summed E-state index contributed by atoms with van der Waals surface area (Å²) in [5.41, 5.74) is 6.20. The molecule has 2 aliphatic carbocycles. The van der Waals surface area contributed by atoms with Gasteiger partial charge < -0.3 is 10.6 Å². The molecule has 2 bridgehead atoms. The lowest BCUT2D eigenvalue weighted by atomic mass is 9.84. The van der Waals surface area contributed by atoms with Crippen LogP contribution in [-0.2, 0) is 4.79 Å². The number of alkyl halides is 3. The Balaban J connectivity index is 1.57. The van der Waals surface area contributed by atoms with Crippen LogP contribution in [0.2, 0.25) is 0 Å². The maximum absolute atomic E-state index is 12.7. The van der Waals surface area contributed by atoms with E-state index in [9.17, 15) is 18.0 Å². The van der Waals surface area contributed by atoms with E-state index >= 15 is 0 Å². The molecule has 3 rings (SSSR count). The summed E-state index contributed by atoms with van der Waals surface area (Å²) in [6, 6.07) is -1.51.